The number of rotatable bonds is 9. The molecule has 0 bridgehead atoms. The van der Waals surface area contributed by atoms with Gasteiger partial charge in [0.05, 0.1) is 6.10 Å². The van der Waals surface area contributed by atoms with Gasteiger partial charge in [0, 0.05) is 19.1 Å². The molecule has 2 unspecified atom stereocenters. The molecule has 0 aliphatic rings. The first-order valence-electron chi connectivity index (χ1n) is 6.54. The van der Waals surface area contributed by atoms with Gasteiger partial charge >= 0.3 is 5.97 Å². The van der Waals surface area contributed by atoms with Crippen molar-refractivity contribution in [3.05, 3.63) is 35.6 Å². The topological polar surface area (TPSA) is 89.8 Å². The molecular weight excluding hydrogens is 265 g/mol. The Morgan fingerprint density at radius 2 is 1.95 bits per heavy atom. The summed E-state index contributed by atoms with van der Waals surface area (Å²) in [5.74, 6) is -1.33. The molecule has 0 aliphatic carbocycles. The highest BCUT2D eigenvalue weighted by Gasteiger charge is 2.21. The third kappa shape index (κ3) is 5.64. The van der Waals surface area contributed by atoms with Gasteiger partial charge in [-0.1, -0.05) is 12.1 Å². The molecule has 5 nitrogen and oxygen atoms in total. The third-order valence-electron chi connectivity index (χ3n) is 3.00. The summed E-state index contributed by atoms with van der Waals surface area (Å²) in [6, 6.07) is 4.99. The van der Waals surface area contributed by atoms with Gasteiger partial charge in [-0.3, -0.25) is 4.79 Å². The van der Waals surface area contributed by atoms with E-state index >= 15 is 0 Å². The average Bonchev–Trinajstić information content (AvgIpc) is 2.42. The largest absolute Gasteiger partial charge is 0.481 e. The van der Waals surface area contributed by atoms with Crippen molar-refractivity contribution in [3.63, 3.8) is 0 Å². The summed E-state index contributed by atoms with van der Waals surface area (Å²) in [4.78, 5) is 10.6. The van der Waals surface area contributed by atoms with Crippen LogP contribution in [0, 0.1) is 5.82 Å². The zero-order valence-corrected chi connectivity index (χ0v) is 11.1. The highest BCUT2D eigenvalue weighted by Crippen LogP contribution is 2.20. The lowest BCUT2D eigenvalue weighted by atomic mass is 9.98. The van der Waals surface area contributed by atoms with E-state index in [9.17, 15) is 14.3 Å². The zero-order chi connectivity index (χ0) is 15.0. The minimum Gasteiger partial charge on any atom is -0.481 e. The number of halogens is 1. The summed E-state index contributed by atoms with van der Waals surface area (Å²) in [7, 11) is 0. The minimum absolute atomic E-state index is 0.0191. The molecule has 2 atom stereocenters. The molecule has 0 saturated heterocycles. The van der Waals surface area contributed by atoms with Crippen LogP contribution in [0.1, 0.15) is 30.9 Å². The fourth-order valence-electron chi connectivity index (χ4n) is 1.91. The summed E-state index contributed by atoms with van der Waals surface area (Å²) < 4.78 is 12.9. The Morgan fingerprint density at radius 3 is 2.50 bits per heavy atom. The molecule has 6 heteroatoms. The lowest BCUT2D eigenvalue weighted by Crippen LogP contribution is -2.36. The van der Waals surface area contributed by atoms with Gasteiger partial charge in [0.2, 0.25) is 0 Å². The molecule has 1 aromatic rings. The van der Waals surface area contributed by atoms with E-state index in [-0.39, 0.29) is 19.4 Å². The second-order valence-corrected chi connectivity index (χ2v) is 4.57. The molecule has 20 heavy (non-hydrogen) atoms. The van der Waals surface area contributed by atoms with E-state index in [4.69, 9.17) is 10.2 Å². The van der Waals surface area contributed by atoms with Gasteiger partial charge in [-0.25, -0.2) is 4.39 Å². The number of carbonyl (C=O) groups is 1. The van der Waals surface area contributed by atoms with Crippen molar-refractivity contribution in [2.24, 2.45) is 0 Å². The SMILES string of the molecule is O=C(O)CCC(NCCCO)C(O)c1ccc(F)cc1. The highest BCUT2D eigenvalue weighted by molar-refractivity contribution is 5.66. The van der Waals surface area contributed by atoms with Gasteiger partial charge in [-0.15, -0.1) is 0 Å². The number of hydrogen-bond acceptors (Lipinski definition) is 4. The van der Waals surface area contributed by atoms with Crippen LogP contribution >= 0.6 is 0 Å². The normalized spacial score (nSPS) is 13.9. The molecule has 112 valence electrons. The Morgan fingerprint density at radius 1 is 1.30 bits per heavy atom. The number of aliphatic hydroxyl groups excluding tert-OH is 2. The van der Waals surface area contributed by atoms with Crippen molar-refractivity contribution in [3.8, 4) is 0 Å². The summed E-state index contributed by atoms with van der Waals surface area (Å²) >= 11 is 0. The molecule has 1 aromatic carbocycles. The Bertz CT molecular complexity index is 410. The van der Waals surface area contributed by atoms with E-state index < -0.39 is 23.9 Å². The summed E-state index contributed by atoms with van der Waals surface area (Å²) in [5.41, 5.74) is 0.526. The van der Waals surface area contributed by atoms with E-state index in [1.807, 2.05) is 0 Å². The first-order valence-corrected chi connectivity index (χ1v) is 6.54. The van der Waals surface area contributed by atoms with Crippen molar-refractivity contribution in [2.75, 3.05) is 13.2 Å². The van der Waals surface area contributed by atoms with Crippen molar-refractivity contribution >= 4 is 5.97 Å². The summed E-state index contributed by atoms with van der Waals surface area (Å²) in [6.45, 7) is 0.490. The molecule has 1 rings (SSSR count). The predicted octanol–water partition coefficient (Wildman–Crippen LogP) is 1.06. The van der Waals surface area contributed by atoms with Crippen LogP contribution in [0.5, 0.6) is 0 Å². The molecule has 0 radical (unpaired) electrons. The maximum Gasteiger partial charge on any atom is 0.303 e. The number of aliphatic carboxylic acids is 1. The molecule has 0 aliphatic heterocycles. The Balaban J connectivity index is 2.68. The van der Waals surface area contributed by atoms with Gasteiger partial charge in [0.1, 0.15) is 5.82 Å². The van der Waals surface area contributed by atoms with Gasteiger partial charge < -0.3 is 20.6 Å². The molecule has 0 heterocycles. The molecule has 0 saturated carbocycles. The van der Waals surface area contributed by atoms with Crippen molar-refractivity contribution < 1.29 is 24.5 Å². The monoisotopic (exact) mass is 285 g/mol. The van der Waals surface area contributed by atoms with Gasteiger partial charge in [-0.05, 0) is 37.1 Å². The lowest BCUT2D eigenvalue weighted by molar-refractivity contribution is -0.137. The molecule has 4 N–H and O–H groups in total. The summed E-state index contributed by atoms with van der Waals surface area (Å²) in [6.07, 6.45) is -0.234. The maximum absolute atomic E-state index is 12.9. The Hall–Kier alpha value is -1.50. The van der Waals surface area contributed by atoms with Crippen molar-refractivity contribution in [2.45, 2.75) is 31.4 Å². The average molecular weight is 285 g/mol. The van der Waals surface area contributed by atoms with Crippen molar-refractivity contribution in [1.29, 1.82) is 0 Å². The fourth-order valence-corrected chi connectivity index (χ4v) is 1.91. The van der Waals surface area contributed by atoms with Crippen LogP contribution in [0.2, 0.25) is 0 Å². The van der Waals surface area contributed by atoms with E-state index in [2.05, 4.69) is 5.32 Å². The van der Waals surface area contributed by atoms with E-state index in [1.165, 1.54) is 24.3 Å². The van der Waals surface area contributed by atoms with Crippen molar-refractivity contribution in [1.82, 2.24) is 5.32 Å². The van der Waals surface area contributed by atoms with Gasteiger partial charge in [-0.2, -0.15) is 0 Å². The fraction of sp³-hybridized carbons (Fsp3) is 0.500. The Kier molecular flexibility index (Phi) is 7.14. The van der Waals surface area contributed by atoms with Crippen LogP contribution in [-0.4, -0.2) is 40.5 Å². The quantitative estimate of drug-likeness (QED) is 0.510. The van der Waals surface area contributed by atoms with Crippen LogP contribution in [0.3, 0.4) is 0 Å². The van der Waals surface area contributed by atoms with Crippen LogP contribution in [0.25, 0.3) is 0 Å². The second kappa shape index (κ2) is 8.63. The first-order chi connectivity index (χ1) is 9.54. The maximum atomic E-state index is 12.9. The van der Waals surface area contributed by atoms with E-state index in [0.29, 0.717) is 18.5 Å². The van der Waals surface area contributed by atoms with Crippen LogP contribution in [0.4, 0.5) is 4.39 Å². The minimum atomic E-state index is -0.940. The summed E-state index contributed by atoms with van der Waals surface area (Å²) in [5, 5.41) is 30.7. The van der Waals surface area contributed by atoms with Gasteiger partial charge in [0.15, 0.2) is 0 Å². The third-order valence-corrected chi connectivity index (χ3v) is 3.00. The first kappa shape index (κ1) is 16.6. The molecule has 0 fully saturated rings. The Labute approximate surface area is 117 Å². The van der Waals surface area contributed by atoms with E-state index in [0.717, 1.165) is 0 Å². The van der Waals surface area contributed by atoms with Crippen LogP contribution in [-0.2, 0) is 4.79 Å². The number of carboxylic acids is 1. The number of benzene rings is 1. The number of nitrogens with one attached hydrogen (secondary N) is 1. The lowest BCUT2D eigenvalue weighted by Gasteiger charge is -2.24. The second-order valence-electron chi connectivity index (χ2n) is 4.57. The smallest absolute Gasteiger partial charge is 0.303 e. The standard InChI is InChI=1S/C14H20FNO4/c15-11-4-2-10(3-5-11)14(20)12(6-7-13(18)19)16-8-1-9-17/h2-5,12,14,16-17,20H,1,6-9H2,(H,18,19). The molecule has 0 aromatic heterocycles. The molecular formula is C14H20FNO4. The number of hydrogen-bond donors (Lipinski definition) is 4. The molecule has 0 amide bonds. The van der Waals surface area contributed by atoms with Gasteiger partial charge in [0.25, 0.3) is 0 Å². The predicted molar refractivity (Wildman–Crippen MR) is 71.7 cm³/mol. The number of carboxylic acid groups (broad SMARTS) is 1. The molecule has 0 spiro atoms. The zero-order valence-electron chi connectivity index (χ0n) is 11.1. The van der Waals surface area contributed by atoms with E-state index in [1.54, 1.807) is 0 Å². The highest BCUT2D eigenvalue weighted by atomic mass is 19.1. The van der Waals surface area contributed by atoms with Crippen LogP contribution in [0.15, 0.2) is 24.3 Å². The number of aliphatic hydroxyl groups is 2. The van der Waals surface area contributed by atoms with Crippen LogP contribution < -0.4 is 5.32 Å².